The van der Waals surface area contributed by atoms with Crippen molar-refractivity contribution in [1.29, 1.82) is 0 Å². The van der Waals surface area contributed by atoms with Crippen LogP contribution in [0.2, 0.25) is 0 Å². The van der Waals surface area contributed by atoms with Gasteiger partial charge in [-0.2, -0.15) is 0 Å². The number of aliphatic hydroxyl groups is 5. The first-order chi connectivity index (χ1) is 41.1. The summed E-state index contributed by atoms with van der Waals surface area (Å²) >= 11 is 1.15. The Hall–Kier alpha value is -8.87. The van der Waals surface area contributed by atoms with E-state index in [1.165, 1.54) is 44.9 Å². The van der Waals surface area contributed by atoms with E-state index >= 15 is 0 Å². The fourth-order valence-corrected chi connectivity index (χ4v) is 9.70. The number of rotatable bonds is 26. The highest BCUT2D eigenvalue weighted by molar-refractivity contribution is 8.00. The zero-order valence-corrected chi connectivity index (χ0v) is 47.8. The number of carbonyl (C=O) groups excluding carboxylic acids is 2. The molecule has 4 aromatic rings. The van der Waals surface area contributed by atoms with Gasteiger partial charge < -0.3 is 45.6 Å². The van der Waals surface area contributed by atoms with Gasteiger partial charge in [-0.25, -0.2) is 0 Å². The van der Waals surface area contributed by atoms with Gasteiger partial charge in [-0.05, 0) is 152 Å². The number of terminal acetylenes is 1. The fourth-order valence-electron chi connectivity index (χ4n) is 8.82. The molecule has 2 unspecified atom stereocenters. The molecule has 0 saturated carbocycles. The third-order valence-corrected chi connectivity index (χ3v) is 14.0. The van der Waals surface area contributed by atoms with E-state index < -0.39 is 61.5 Å². The predicted molar refractivity (Wildman–Crippen MR) is 334 cm³/mol. The number of amides is 2. The molecule has 0 aromatic heterocycles. The molecular weight excluding hydrogens is 1070 g/mol. The normalized spacial score (nSPS) is 16.1. The third-order valence-electron chi connectivity index (χ3n) is 13.0. The maximum atomic E-state index is 13.2. The second kappa shape index (κ2) is 39.5. The molecule has 424 valence electrons. The molecule has 5 rings (SSSR count). The molecule has 1 aliphatic heterocycles. The van der Waals surface area contributed by atoms with Crippen molar-refractivity contribution in [2.45, 2.75) is 146 Å². The second-order valence-corrected chi connectivity index (χ2v) is 20.2. The third kappa shape index (κ3) is 24.3. The van der Waals surface area contributed by atoms with Crippen LogP contribution < -0.4 is 10.6 Å². The molecular formula is C72H66N2O9S. The van der Waals surface area contributed by atoms with Crippen molar-refractivity contribution in [2.24, 2.45) is 0 Å². The smallest absolute Gasteiger partial charge is 0.234 e. The quantitative estimate of drug-likeness (QED) is 0.0189. The molecule has 1 aliphatic rings. The highest BCUT2D eigenvalue weighted by Crippen LogP contribution is 2.37. The minimum atomic E-state index is -1.72. The molecule has 1 fully saturated rings. The maximum absolute atomic E-state index is 13.2. The number of thioether (sulfide) groups is 1. The van der Waals surface area contributed by atoms with Gasteiger partial charge in [0.2, 0.25) is 11.8 Å². The van der Waals surface area contributed by atoms with Gasteiger partial charge >= 0.3 is 0 Å². The second-order valence-electron chi connectivity index (χ2n) is 19.2. The minimum absolute atomic E-state index is 0.0221. The average molecular weight is 1140 g/mol. The van der Waals surface area contributed by atoms with Crippen LogP contribution in [-0.2, 0) is 19.1 Å². The zero-order valence-electron chi connectivity index (χ0n) is 47.0. The number of ether oxygens (including phenoxy) is 2. The van der Waals surface area contributed by atoms with Gasteiger partial charge in [-0.1, -0.05) is 151 Å². The number of anilines is 1. The summed E-state index contributed by atoms with van der Waals surface area (Å²) in [7, 11) is 0. The van der Waals surface area contributed by atoms with Gasteiger partial charge in [-0.3, -0.25) is 9.59 Å². The number of aliphatic hydroxyl groups excluding tert-OH is 5. The van der Waals surface area contributed by atoms with Gasteiger partial charge in [0.25, 0.3) is 0 Å². The van der Waals surface area contributed by atoms with Crippen LogP contribution in [0.3, 0.4) is 0 Å². The van der Waals surface area contributed by atoms with Crippen molar-refractivity contribution in [2.75, 3.05) is 23.4 Å². The number of hydrogen-bond acceptors (Lipinski definition) is 10. The standard InChI is InChI=1S/C72H66N2O9S/c1-3-5-7-9-11-13-15-17-18-19-20-21-22-23-24-25-26-27-29-31-33-35-37-47-65(76)74-62(68(78)63(75)46-36-34-32-30-28-16-14-12-10-8-6-4-2)53-82-72-71(81)70(80)69(79)64(83-72)54-84-55-66(77)73-59-50-48-56(49-51-59)67-60-44-40-38-42-57(60)52-58-43-39-41-45-61(58)67/h1,38-45,48-52,62-64,68-72,75,78-81H,4,6,8,10,12,14,16,28,30,32,34,36,46-47,53-55H2,2H3,(H,73,77)(H,74,76)/t62-,63+,64?,68-,69-,70-,71?,72-/m0/s1. The fraction of sp³-hybridized carbons (Fsp3) is 0.361. The largest absolute Gasteiger partial charge is 0.390 e. The molecule has 0 bridgehead atoms. The van der Waals surface area contributed by atoms with Crippen LogP contribution in [0, 0.1) is 143 Å². The number of fused-ring (bicyclic) bond motifs is 2. The molecule has 1 heterocycles. The zero-order chi connectivity index (χ0) is 59.8. The molecule has 11 nitrogen and oxygen atoms in total. The van der Waals surface area contributed by atoms with Crippen molar-refractivity contribution in [3.8, 4) is 154 Å². The molecule has 1 saturated heterocycles. The Balaban J connectivity index is 1.12. The Labute approximate surface area is 500 Å². The average Bonchev–Trinajstić information content (AvgIpc) is 2.51. The number of nitrogens with one attached hydrogen (secondary N) is 2. The minimum Gasteiger partial charge on any atom is -0.390 e. The topological polar surface area (TPSA) is 178 Å². The lowest BCUT2D eigenvalue weighted by atomic mass is 9.92. The van der Waals surface area contributed by atoms with Crippen molar-refractivity contribution < 1.29 is 44.6 Å². The molecule has 4 aromatic carbocycles. The summed E-state index contributed by atoms with van der Waals surface area (Å²) in [5.41, 5.74) is 2.71. The number of benzene rings is 4. The molecule has 0 aliphatic carbocycles. The van der Waals surface area contributed by atoms with Crippen LogP contribution in [0.25, 0.3) is 32.7 Å². The van der Waals surface area contributed by atoms with Crippen molar-refractivity contribution >= 4 is 50.8 Å². The Morgan fingerprint density at radius 2 is 1.07 bits per heavy atom. The van der Waals surface area contributed by atoms with Gasteiger partial charge in [0.15, 0.2) is 6.29 Å². The Morgan fingerprint density at radius 1 is 0.595 bits per heavy atom. The molecule has 12 heteroatoms. The molecule has 0 radical (unpaired) electrons. The molecule has 8 atom stereocenters. The SMILES string of the molecule is C#CC#CC#CC#CC#CC#CC#CC#CC#CC#CC#CC#CCC(=O)N[C@@H](CO[C@H]1OC(CSCC(=O)Nc2ccc(-c3c4ccccc4cc4ccccc34)cc2)[C@H](O)[C@H](O)C1O)[C@H](O)[C@H](O)CCCCCCCCCCCCCC. The van der Waals surface area contributed by atoms with Crippen molar-refractivity contribution in [1.82, 2.24) is 5.32 Å². The van der Waals surface area contributed by atoms with E-state index in [9.17, 15) is 35.1 Å². The highest BCUT2D eigenvalue weighted by atomic mass is 32.2. The van der Waals surface area contributed by atoms with Gasteiger partial charge in [0.05, 0.1) is 37.0 Å². The van der Waals surface area contributed by atoms with Crippen LogP contribution in [0.1, 0.15) is 96.8 Å². The summed E-state index contributed by atoms with van der Waals surface area (Å²) < 4.78 is 11.8. The summed E-state index contributed by atoms with van der Waals surface area (Å²) in [6.45, 7) is 1.75. The van der Waals surface area contributed by atoms with E-state index in [0.717, 1.165) is 70.1 Å². The van der Waals surface area contributed by atoms with E-state index in [1.54, 1.807) is 0 Å². The van der Waals surface area contributed by atoms with Gasteiger partial charge in [0.1, 0.15) is 24.4 Å². The first kappa shape index (κ1) is 65.9. The van der Waals surface area contributed by atoms with E-state index in [1.807, 2.05) is 48.5 Å². The lowest BCUT2D eigenvalue weighted by Crippen LogP contribution is -2.60. The monoisotopic (exact) mass is 1130 g/mol. The van der Waals surface area contributed by atoms with Crippen LogP contribution in [0.5, 0.6) is 0 Å². The van der Waals surface area contributed by atoms with Gasteiger partial charge in [-0.15, -0.1) is 18.2 Å². The Kier molecular flexibility index (Phi) is 31.0. The summed E-state index contributed by atoms with van der Waals surface area (Å²) in [6.07, 6.45) is 8.20. The highest BCUT2D eigenvalue weighted by Gasteiger charge is 2.45. The van der Waals surface area contributed by atoms with E-state index in [4.69, 9.17) is 15.9 Å². The first-order valence-corrected chi connectivity index (χ1v) is 29.1. The van der Waals surface area contributed by atoms with Crippen LogP contribution in [0.15, 0.2) is 78.9 Å². The summed E-state index contributed by atoms with van der Waals surface area (Å²) in [4.78, 5) is 26.3. The van der Waals surface area contributed by atoms with Crippen molar-refractivity contribution in [3.05, 3.63) is 78.9 Å². The molecule has 0 spiro atoms. The van der Waals surface area contributed by atoms with Gasteiger partial charge in [0, 0.05) is 47.0 Å². The van der Waals surface area contributed by atoms with Crippen LogP contribution in [-0.4, -0.2) is 104 Å². The number of unbranched alkanes of at least 4 members (excludes halogenated alkanes) is 11. The van der Waals surface area contributed by atoms with E-state index in [-0.39, 0.29) is 30.3 Å². The van der Waals surface area contributed by atoms with Crippen LogP contribution in [0.4, 0.5) is 5.69 Å². The molecule has 2 amide bonds. The Morgan fingerprint density at radius 3 is 1.58 bits per heavy atom. The number of hydrogen-bond donors (Lipinski definition) is 7. The predicted octanol–water partition coefficient (Wildman–Crippen LogP) is 7.51. The number of carbonyl (C=O) groups is 2. The maximum Gasteiger partial charge on any atom is 0.234 e. The van der Waals surface area contributed by atoms with Crippen LogP contribution >= 0.6 is 11.8 Å². The lowest BCUT2D eigenvalue weighted by Gasteiger charge is -2.41. The summed E-state index contributed by atoms with van der Waals surface area (Å²) in [5.74, 6) is 56.0. The first-order valence-electron chi connectivity index (χ1n) is 27.9. The molecule has 84 heavy (non-hydrogen) atoms. The van der Waals surface area contributed by atoms with E-state index in [0.29, 0.717) is 12.1 Å². The summed E-state index contributed by atoms with van der Waals surface area (Å²) in [5, 5.41) is 65.4. The summed E-state index contributed by atoms with van der Waals surface area (Å²) in [6, 6.07) is 25.1. The molecule has 7 N–H and O–H groups in total. The van der Waals surface area contributed by atoms with E-state index in [2.05, 4.69) is 184 Å². The lowest BCUT2D eigenvalue weighted by molar-refractivity contribution is -0.294. The van der Waals surface area contributed by atoms with Crippen molar-refractivity contribution in [3.63, 3.8) is 0 Å². The Bertz CT molecular complexity index is 3610.